The SMILES string of the molecule is CC[C@H](C)[C@H](NC(=O)OCc1ccccc1)C(=O)Nc1ccc(OCc2nccn2C)cc1. The standard InChI is InChI=1S/C25H30N4O4/c1-4-18(2)23(28-25(31)33-16-19-8-6-5-7-9-19)24(30)27-20-10-12-21(13-11-20)32-17-22-26-14-15-29(22)3/h5-15,18,23H,4,16-17H2,1-3H3,(H,27,30)(H,28,31)/t18-,23-/m0/s1. The van der Waals surface area contributed by atoms with E-state index in [9.17, 15) is 9.59 Å². The average molecular weight is 451 g/mol. The number of alkyl carbamates (subject to hydrolysis) is 1. The largest absolute Gasteiger partial charge is 0.486 e. The lowest BCUT2D eigenvalue weighted by atomic mass is 9.98. The summed E-state index contributed by atoms with van der Waals surface area (Å²) in [4.78, 5) is 29.4. The van der Waals surface area contributed by atoms with Gasteiger partial charge >= 0.3 is 6.09 Å². The molecule has 8 heteroatoms. The Kier molecular flexibility index (Phi) is 8.46. The Hall–Kier alpha value is -3.81. The normalized spacial score (nSPS) is 12.5. The van der Waals surface area contributed by atoms with Gasteiger partial charge in [-0.05, 0) is 35.7 Å². The molecule has 3 aromatic rings. The van der Waals surface area contributed by atoms with Gasteiger partial charge in [0.05, 0.1) is 0 Å². The number of aryl methyl sites for hydroxylation is 1. The van der Waals surface area contributed by atoms with E-state index >= 15 is 0 Å². The van der Waals surface area contributed by atoms with Gasteiger partial charge in [0.2, 0.25) is 5.91 Å². The molecule has 1 aromatic heterocycles. The third-order valence-electron chi connectivity index (χ3n) is 5.39. The highest BCUT2D eigenvalue weighted by molar-refractivity contribution is 5.96. The van der Waals surface area contributed by atoms with E-state index in [4.69, 9.17) is 9.47 Å². The Morgan fingerprint density at radius 1 is 1.06 bits per heavy atom. The minimum Gasteiger partial charge on any atom is -0.486 e. The number of hydrogen-bond acceptors (Lipinski definition) is 5. The molecular formula is C25H30N4O4. The first-order chi connectivity index (χ1) is 16.0. The van der Waals surface area contributed by atoms with Crippen LogP contribution in [0.3, 0.4) is 0 Å². The van der Waals surface area contributed by atoms with Crippen molar-refractivity contribution in [1.82, 2.24) is 14.9 Å². The quantitative estimate of drug-likeness (QED) is 0.481. The van der Waals surface area contributed by atoms with E-state index in [1.54, 1.807) is 30.5 Å². The fraction of sp³-hybridized carbons (Fsp3) is 0.320. The number of carbonyl (C=O) groups excluding carboxylic acids is 2. The van der Waals surface area contributed by atoms with Crippen LogP contribution in [0, 0.1) is 5.92 Å². The van der Waals surface area contributed by atoms with Gasteiger partial charge in [-0.25, -0.2) is 9.78 Å². The van der Waals surface area contributed by atoms with E-state index in [0.29, 0.717) is 18.0 Å². The highest BCUT2D eigenvalue weighted by atomic mass is 16.5. The van der Waals surface area contributed by atoms with Crippen LogP contribution in [0.15, 0.2) is 67.0 Å². The minimum absolute atomic E-state index is 0.0744. The first-order valence-corrected chi connectivity index (χ1v) is 10.9. The number of anilines is 1. The summed E-state index contributed by atoms with van der Waals surface area (Å²) in [6.07, 6.45) is 3.67. The predicted molar refractivity (Wildman–Crippen MR) is 126 cm³/mol. The lowest BCUT2D eigenvalue weighted by Crippen LogP contribution is -2.47. The maximum Gasteiger partial charge on any atom is 0.408 e. The third-order valence-corrected chi connectivity index (χ3v) is 5.39. The lowest BCUT2D eigenvalue weighted by molar-refractivity contribution is -0.119. The summed E-state index contributed by atoms with van der Waals surface area (Å²) in [5.74, 6) is 1.10. The molecule has 0 aliphatic heterocycles. The number of nitrogens with one attached hydrogen (secondary N) is 2. The van der Waals surface area contributed by atoms with Crippen LogP contribution in [0.4, 0.5) is 10.5 Å². The van der Waals surface area contributed by atoms with E-state index in [2.05, 4.69) is 15.6 Å². The summed E-state index contributed by atoms with van der Waals surface area (Å²) in [6, 6.07) is 15.7. The van der Waals surface area contributed by atoms with Crippen molar-refractivity contribution in [2.45, 2.75) is 39.5 Å². The number of hydrogen-bond donors (Lipinski definition) is 2. The first-order valence-electron chi connectivity index (χ1n) is 10.9. The van der Waals surface area contributed by atoms with Gasteiger partial charge in [-0.3, -0.25) is 4.79 Å². The Labute approximate surface area is 193 Å². The van der Waals surface area contributed by atoms with Crippen molar-refractivity contribution in [2.75, 3.05) is 5.32 Å². The molecule has 0 bridgehead atoms. The second kappa shape index (κ2) is 11.7. The zero-order chi connectivity index (χ0) is 23.6. The summed E-state index contributed by atoms with van der Waals surface area (Å²) in [5.41, 5.74) is 1.49. The van der Waals surface area contributed by atoms with E-state index in [1.807, 2.05) is 62.0 Å². The van der Waals surface area contributed by atoms with Gasteiger partial charge in [-0.2, -0.15) is 0 Å². The van der Waals surface area contributed by atoms with Crippen molar-refractivity contribution in [3.05, 3.63) is 78.4 Å². The average Bonchev–Trinajstić information content (AvgIpc) is 3.25. The van der Waals surface area contributed by atoms with Gasteiger partial charge in [0, 0.05) is 25.1 Å². The third kappa shape index (κ3) is 7.10. The van der Waals surface area contributed by atoms with Crippen molar-refractivity contribution in [1.29, 1.82) is 0 Å². The number of ether oxygens (including phenoxy) is 2. The van der Waals surface area contributed by atoms with E-state index in [-0.39, 0.29) is 18.4 Å². The maximum atomic E-state index is 12.9. The Morgan fingerprint density at radius 3 is 2.42 bits per heavy atom. The van der Waals surface area contributed by atoms with Gasteiger partial charge in [-0.15, -0.1) is 0 Å². The van der Waals surface area contributed by atoms with Crippen molar-refractivity contribution in [3.8, 4) is 5.75 Å². The summed E-state index contributed by atoms with van der Waals surface area (Å²) in [5, 5.41) is 5.56. The van der Waals surface area contributed by atoms with Crippen molar-refractivity contribution in [3.63, 3.8) is 0 Å². The molecule has 0 aliphatic rings. The summed E-state index contributed by atoms with van der Waals surface area (Å²) >= 11 is 0. The van der Waals surface area contributed by atoms with Crippen LogP contribution in [0.2, 0.25) is 0 Å². The highest BCUT2D eigenvalue weighted by Gasteiger charge is 2.26. The highest BCUT2D eigenvalue weighted by Crippen LogP contribution is 2.18. The lowest BCUT2D eigenvalue weighted by Gasteiger charge is -2.23. The Balaban J connectivity index is 1.54. The fourth-order valence-electron chi connectivity index (χ4n) is 3.13. The molecule has 0 saturated carbocycles. The molecular weight excluding hydrogens is 420 g/mol. The minimum atomic E-state index is -0.724. The van der Waals surface area contributed by atoms with Crippen LogP contribution < -0.4 is 15.4 Å². The predicted octanol–water partition coefficient (Wildman–Crippen LogP) is 4.28. The molecule has 2 atom stereocenters. The monoisotopic (exact) mass is 450 g/mol. The van der Waals surface area contributed by atoms with Crippen LogP contribution in [0.5, 0.6) is 5.75 Å². The van der Waals surface area contributed by atoms with Gasteiger partial charge < -0.3 is 24.7 Å². The van der Waals surface area contributed by atoms with E-state index in [1.165, 1.54) is 0 Å². The summed E-state index contributed by atoms with van der Waals surface area (Å²) in [6.45, 7) is 4.37. The molecule has 2 amide bonds. The van der Waals surface area contributed by atoms with Crippen LogP contribution in [0.25, 0.3) is 0 Å². The molecule has 0 saturated heterocycles. The zero-order valence-corrected chi connectivity index (χ0v) is 19.2. The molecule has 2 aromatic carbocycles. The molecule has 0 fully saturated rings. The van der Waals surface area contributed by atoms with Crippen molar-refractivity contribution >= 4 is 17.7 Å². The van der Waals surface area contributed by atoms with Gasteiger partial charge in [0.15, 0.2) is 0 Å². The number of imidazole rings is 1. The Morgan fingerprint density at radius 2 is 1.79 bits per heavy atom. The van der Waals surface area contributed by atoms with Crippen LogP contribution in [-0.4, -0.2) is 27.6 Å². The van der Waals surface area contributed by atoms with Crippen molar-refractivity contribution in [2.24, 2.45) is 13.0 Å². The fourth-order valence-corrected chi connectivity index (χ4v) is 3.13. The van der Waals surface area contributed by atoms with E-state index in [0.717, 1.165) is 17.8 Å². The Bertz CT molecular complexity index is 1030. The summed E-state index contributed by atoms with van der Waals surface area (Å²) in [7, 11) is 1.91. The molecule has 8 nitrogen and oxygen atoms in total. The number of amides is 2. The smallest absolute Gasteiger partial charge is 0.408 e. The van der Waals surface area contributed by atoms with Gasteiger partial charge in [0.1, 0.15) is 30.8 Å². The van der Waals surface area contributed by atoms with Gasteiger partial charge in [0.25, 0.3) is 0 Å². The molecule has 1 heterocycles. The van der Waals surface area contributed by atoms with E-state index < -0.39 is 12.1 Å². The summed E-state index contributed by atoms with van der Waals surface area (Å²) < 4.78 is 12.9. The second-order valence-corrected chi connectivity index (χ2v) is 7.83. The zero-order valence-electron chi connectivity index (χ0n) is 19.2. The topological polar surface area (TPSA) is 94.5 Å². The number of benzene rings is 2. The number of carbonyl (C=O) groups is 2. The number of nitrogens with zero attached hydrogens (tertiary/aromatic N) is 2. The second-order valence-electron chi connectivity index (χ2n) is 7.83. The van der Waals surface area contributed by atoms with Crippen LogP contribution in [-0.2, 0) is 29.8 Å². The van der Waals surface area contributed by atoms with Crippen molar-refractivity contribution < 1.29 is 19.1 Å². The number of rotatable bonds is 10. The molecule has 0 aliphatic carbocycles. The molecule has 0 spiro atoms. The van der Waals surface area contributed by atoms with Gasteiger partial charge in [-0.1, -0.05) is 50.6 Å². The molecule has 174 valence electrons. The van der Waals surface area contributed by atoms with Crippen LogP contribution in [0.1, 0.15) is 31.7 Å². The van der Waals surface area contributed by atoms with Crippen LogP contribution >= 0.6 is 0 Å². The molecule has 0 radical (unpaired) electrons. The maximum absolute atomic E-state index is 12.9. The first kappa shape index (κ1) is 23.8. The number of aromatic nitrogens is 2. The molecule has 3 rings (SSSR count). The molecule has 33 heavy (non-hydrogen) atoms. The molecule has 2 N–H and O–H groups in total. The molecule has 0 unspecified atom stereocenters.